The third kappa shape index (κ3) is 6.18. The largest absolute Gasteiger partial charge is 0.545 e. The number of carbonyl (C=O) groups excluding carboxylic acids is 2. The van der Waals surface area contributed by atoms with Gasteiger partial charge in [-0.3, -0.25) is 0 Å². The quantitative estimate of drug-likeness (QED) is 0.246. The molecule has 0 aliphatic rings. The van der Waals surface area contributed by atoms with E-state index in [0.717, 1.165) is 0 Å². The number of aliphatic carboxylic acids is 2. The van der Waals surface area contributed by atoms with Crippen molar-refractivity contribution < 1.29 is 98.8 Å². The Balaban J connectivity index is 6.35. The molecule has 0 N–H and O–H groups in total. The Kier molecular flexibility index (Phi) is 9.50. The zero-order valence-corrected chi connectivity index (χ0v) is 17.3. The Morgan fingerprint density at radius 1 is 0.421 bits per heavy atom. The van der Waals surface area contributed by atoms with Crippen molar-refractivity contribution in [3.63, 3.8) is 0 Å². The topological polar surface area (TPSA) is 80.3 Å². The van der Waals surface area contributed by atoms with E-state index in [1.54, 1.807) is 0 Å². The van der Waals surface area contributed by atoms with Gasteiger partial charge < -0.3 is 19.8 Å². The first kappa shape index (κ1) is 35.4. The average Bonchev–Trinajstić information content (AvgIpc) is 2.67. The lowest BCUT2D eigenvalue weighted by atomic mass is 9.91. The van der Waals surface area contributed by atoms with Gasteiger partial charge in [0.25, 0.3) is 0 Å². The van der Waals surface area contributed by atoms with E-state index in [1.807, 2.05) is 0 Å². The second-order valence-corrected chi connectivity index (χ2v) is 7.23. The first-order valence-electron chi connectivity index (χ1n) is 8.88. The third-order valence-corrected chi connectivity index (χ3v) is 4.65. The van der Waals surface area contributed by atoms with Crippen LogP contribution in [-0.2, 0) is 9.59 Å². The van der Waals surface area contributed by atoms with Gasteiger partial charge in [-0.05, 0) is 24.0 Å². The molecule has 0 bridgehead atoms. The van der Waals surface area contributed by atoms with Crippen molar-refractivity contribution in [3.05, 3.63) is 11.1 Å². The fourth-order valence-corrected chi connectivity index (χ4v) is 2.45. The van der Waals surface area contributed by atoms with Crippen LogP contribution in [0.4, 0.5) is 79.0 Å². The number of hydrogen-bond donors (Lipinski definition) is 0. The van der Waals surface area contributed by atoms with Crippen LogP contribution in [0.25, 0.3) is 0 Å². The van der Waals surface area contributed by atoms with Gasteiger partial charge in [0.05, 0.1) is 11.9 Å². The van der Waals surface area contributed by atoms with E-state index >= 15 is 0 Å². The number of alkyl halides is 18. The van der Waals surface area contributed by atoms with Gasteiger partial charge in [-0.2, -0.15) is 79.0 Å². The molecule has 0 amide bonds. The Labute approximate surface area is 196 Å². The van der Waals surface area contributed by atoms with Crippen LogP contribution in [0.15, 0.2) is 11.1 Å². The van der Waals surface area contributed by atoms with Crippen molar-refractivity contribution in [2.45, 2.75) is 73.6 Å². The molecule has 0 aromatic heterocycles. The molecule has 0 atom stereocenters. The highest BCUT2D eigenvalue weighted by atomic mass is 19.4. The Morgan fingerprint density at radius 2 is 0.632 bits per heavy atom. The van der Waals surface area contributed by atoms with Crippen molar-refractivity contribution in [1.29, 1.82) is 0 Å². The minimum absolute atomic E-state index is 2.45. The highest BCUT2D eigenvalue weighted by Gasteiger charge is 2.82. The molecule has 0 unspecified atom stereocenters. The predicted molar refractivity (Wildman–Crippen MR) is 77.3 cm³/mol. The second-order valence-electron chi connectivity index (χ2n) is 7.23. The Morgan fingerprint density at radius 3 is 0.789 bits per heavy atom. The van der Waals surface area contributed by atoms with Crippen molar-refractivity contribution in [3.8, 4) is 0 Å². The van der Waals surface area contributed by atoms with E-state index in [9.17, 15) is 98.8 Å². The van der Waals surface area contributed by atoms with Crippen LogP contribution >= 0.6 is 0 Å². The number of carbonyl (C=O) groups is 2. The highest BCUT2D eigenvalue weighted by Crippen LogP contribution is 2.56. The maximum Gasteiger partial charge on any atom is 0.460 e. The van der Waals surface area contributed by atoms with E-state index in [4.69, 9.17) is 0 Å². The lowest BCUT2D eigenvalue weighted by Crippen LogP contribution is -2.61. The van der Waals surface area contributed by atoms with Gasteiger partial charge >= 0.3 is 47.9 Å². The normalized spacial score (nSPS) is 15.8. The van der Waals surface area contributed by atoms with Gasteiger partial charge in [-0.1, -0.05) is 0 Å². The van der Waals surface area contributed by atoms with Crippen LogP contribution in [0.3, 0.4) is 0 Å². The molecule has 4 nitrogen and oxygen atoms in total. The number of carboxylic acid groups (broad SMARTS) is 2. The summed E-state index contributed by atoms with van der Waals surface area (Å²) in [7, 11) is 0. The molecular formula is C16H8F18O4-2. The summed E-state index contributed by atoms with van der Waals surface area (Å²) in [5.74, 6) is -49.1. The number of hydrogen-bond acceptors (Lipinski definition) is 4. The first-order valence-corrected chi connectivity index (χ1v) is 8.88. The monoisotopic (exact) mass is 606 g/mol. The molecule has 22 heteroatoms. The first-order chi connectivity index (χ1) is 16.3. The summed E-state index contributed by atoms with van der Waals surface area (Å²) in [6, 6.07) is 0. The van der Waals surface area contributed by atoms with E-state index in [-0.39, 0.29) is 0 Å². The molecule has 224 valence electrons. The zero-order chi connectivity index (χ0) is 31.1. The standard InChI is InChI=1S/C16H10F18O4/c17-9(18,11(21,22)13(25,26)15(29,30)31)3-1-5(7(35)36)6(8(37)38)2-4-10(19,20)12(23,24)14(27,28)16(32,33)34/h1-4H2,(H,35,36)(H,37,38)/p-2/b6-5-. The Hall–Kier alpha value is -2.58. The van der Waals surface area contributed by atoms with Gasteiger partial charge in [-0.15, -0.1) is 0 Å². The highest BCUT2D eigenvalue weighted by molar-refractivity contribution is 5.97. The molecule has 0 heterocycles. The van der Waals surface area contributed by atoms with Gasteiger partial charge in [0.2, 0.25) is 0 Å². The maximum atomic E-state index is 13.6. The molecule has 0 saturated heterocycles. The van der Waals surface area contributed by atoms with Crippen molar-refractivity contribution in [2.75, 3.05) is 0 Å². The summed E-state index contributed by atoms with van der Waals surface area (Å²) < 4.78 is 231. The lowest BCUT2D eigenvalue weighted by Gasteiger charge is -2.34. The van der Waals surface area contributed by atoms with E-state index < -0.39 is 96.7 Å². The molecule has 0 fully saturated rings. The third-order valence-electron chi connectivity index (χ3n) is 4.65. The van der Waals surface area contributed by atoms with Crippen LogP contribution in [0.2, 0.25) is 0 Å². The van der Waals surface area contributed by atoms with Crippen molar-refractivity contribution in [2.24, 2.45) is 0 Å². The van der Waals surface area contributed by atoms with E-state index in [1.165, 1.54) is 0 Å². The van der Waals surface area contributed by atoms with Gasteiger partial charge in [0.1, 0.15) is 0 Å². The van der Waals surface area contributed by atoms with E-state index in [2.05, 4.69) is 0 Å². The van der Waals surface area contributed by atoms with Crippen LogP contribution in [0, 0.1) is 0 Å². The summed E-state index contributed by atoms with van der Waals surface area (Å²) in [6.07, 6.45) is -26.0. The fourth-order valence-electron chi connectivity index (χ4n) is 2.45. The van der Waals surface area contributed by atoms with Gasteiger partial charge in [0.15, 0.2) is 0 Å². The number of rotatable bonds is 12. The van der Waals surface area contributed by atoms with Crippen molar-refractivity contribution in [1.82, 2.24) is 0 Å². The van der Waals surface area contributed by atoms with Crippen LogP contribution in [0.1, 0.15) is 25.7 Å². The molecule has 0 aliphatic carbocycles. The van der Waals surface area contributed by atoms with Crippen molar-refractivity contribution >= 4 is 11.9 Å². The lowest BCUT2D eigenvalue weighted by molar-refractivity contribution is -0.396. The molecule has 38 heavy (non-hydrogen) atoms. The minimum Gasteiger partial charge on any atom is -0.545 e. The maximum absolute atomic E-state index is 13.6. The SMILES string of the molecule is O=C([O-])/C(CCC(F)(F)C(F)(F)C(F)(F)C(F)(F)F)=C(/CCC(F)(F)C(F)(F)C(F)(F)C(F)(F)F)C(=O)[O-]. The molecule has 0 saturated carbocycles. The molecule has 0 aliphatic heterocycles. The molecule has 0 aromatic rings. The molecular weight excluding hydrogens is 598 g/mol. The van der Waals surface area contributed by atoms with Crippen LogP contribution in [0.5, 0.6) is 0 Å². The minimum atomic E-state index is -7.50. The Bertz CT molecular complexity index is 854. The molecule has 0 rings (SSSR count). The molecule has 0 aromatic carbocycles. The van der Waals surface area contributed by atoms with E-state index in [0.29, 0.717) is 0 Å². The zero-order valence-electron chi connectivity index (χ0n) is 17.3. The fraction of sp³-hybridized carbons (Fsp3) is 0.750. The van der Waals surface area contributed by atoms with Gasteiger partial charge in [-0.25, -0.2) is 0 Å². The second kappa shape index (κ2) is 10.2. The predicted octanol–water partition coefficient (Wildman–Crippen LogP) is 4.28. The number of carboxylic acids is 2. The number of halogens is 18. The van der Waals surface area contributed by atoms with Crippen LogP contribution in [-0.4, -0.2) is 59.8 Å². The summed E-state index contributed by atoms with van der Waals surface area (Å²) in [5.41, 5.74) is -4.89. The summed E-state index contributed by atoms with van der Waals surface area (Å²) in [6.45, 7) is 0. The van der Waals surface area contributed by atoms with Gasteiger partial charge in [0, 0.05) is 12.8 Å². The summed E-state index contributed by atoms with van der Waals surface area (Å²) in [4.78, 5) is 21.9. The molecule has 0 spiro atoms. The summed E-state index contributed by atoms with van der Waals surface area (Å²) in [5, 5.41) is 21.9. The molecule has 0 radical (unpaired) electrons. The van der Waals surface area contributed by atoms with Crippen LogP contribution < -0.4 is 10.2 Å². The summed E-state index contributed by atoms with van der Waals surface area (Å²) >= 11 is 0. The smallest absolute Gasteiger partial charge is 0.460 e. The average molecular weight is 606 g/mol.